The van der Waals surface area contributed by atoms with E-state index in [9.17, 15) is 4.79 Å². The van der Waals surface area contributed by atoms with E-state index in [2.05, 4.69) is 33.2 Å². The minimum absolute atomic E-state index is 0.0362. The standard InChI is InChI=1S/C11H15BrN2O/c1-2-3-4-8-11(15)14-10-7-5-6-9(12)13-10/h5-7H,2-4,8H2,1H3,(H,13,14,15). The predicted octanol–water partition coefficient (Wildman–Crippen LogP) is 3.36. The fraction of sp³-hybridized carbons (Fsp3) is 0.455. The Hall–Kier alpha value is -0.900. The van der Waals surface area contributed by atoms with Crippen molar-refractivity contribution in [2.75, 3.05) is 5.32 Å². The zero-order chi connectivity index (χ0) is 11.1. The van der Waals surface area contributed by atoms with E-state index in [4.69, 9.17) is 0 Å². The summed E-state index contributed by atoms with van der Waals surface area (Å²) in [6, 6.07) is 5.45. The molecule has 0 radical (unpaired) electrons. The molecule has 0 bridgehead atoms. The summed E-state index contributed by atoms with van der Waals surface area (Å²) in [6.07, 6.45) is 3.74. The highest BCUT2D eigenvalue weighted by molar-refractivity contribution is 9.10. The largest absolute Gasteiger partial charge is 0.311 e. The summed E-state index contributed by atoms with van der Waals surface area (Å²) in [7, 11) is 0. The summed E-state index contributed by atoms with van der Waals surface area (Å²) in [4.78, 5) is 15.6. The number of aromatic nitrogens is 1. The first-order valence-electron chi connectivity index (χ1n) is 5.14. The third kappa shape index (κ3) is 4.93. The van der Waals surface area contributed by atoms with Crippen LogP contribution >= 0.6 is 15.9 Å². The molecule has 0 aliphatic carbocycles. The molecule has 0 aliphatic heterocycles. The molecule has 1 heterocycles. The van der Waals surface area contributed by atoms with Gasteiger partial charge in [0.1, 0.15) is 10.4 Å². The Labute approximate surface area is 98.4 Å². The SMILES string of the molecule is CCCCCC(=O)Nc1cccc(Br)n1. The Morgan fingerprint density at radius 1 is 1.47 bits per heavy atom. The van der Waals surface area contributed by atoms with Gasteiger partial charge in [-0.2, -0.15) is 0 Å². The van der Waals surface area contributed by atoms with E-state index in [0.29, 0.717) is 12.2 Å². The van der Waals surface area contributed by atoms with Gasteiger partial charge in [0.05, 0.1) is 0 Å². The molecule has 1 aromatic rings. The first-order valence-corrected chi connectivity index (χ1v) is 5.94. The Balaban J connectivity index is 2.37. The van der Waals surface area contributed by atoms with E-state index >= 15 is 0 Å². The molecule has 0 saturated heterocycles. The van der Waals surface area contributed by atoms with Gasteiger partial charge in [-0.05, 0) is 34.5 Å². The molecule has 1 amide bonds. The van der Waals surface area contributed by atoms with Gasteiger partial charge in [0.2, 0.25) is 5.91 Å². The van der Waals surface area contributed by atoms with Crippen LogP contribution in [0, 0.1) is 0 Å². The fourth-order valence-corrected chi connectivity index (χ4v) is 1.56. The number of carbonyl (C=O) groups excluding carboxylic acids is 1. The zero-order valence-corrected chi connectivity index (χ0v) is 10.4. The lowest BCUT2D eigenvalue weighted by Crippen LogP contribution is -2.12. The second-order valence-corrected chi connectivity index (χ2v) is 4.16. The molecule has 0 aliphatic rings. The van der Waals surface area contributed by atoms with Crippen molar-refractivity contribution >= 4 is 27.7 Å². The first kappa shape index (κ1) is 12.2. The summed E-state index contributed by atoms with van der Waals surface area (Å²) in [5.74, 6) is 0.639. The summed E-state index contributed by atoms with van der Waals surface area (Å²) >= 11 is 3.25. The zero-order valence-electron chi connectivity index (χ0n) is 8.79. The third-order valence-corrected chi connectivity index (χ3v) is 2.43. The van der Waals surface area contributed by atoms with Crippen molar-refractivity contribution in [3.8, 4) is 0 Å². The quantitative estimate of drug-likeness (QED) is 0.659. The molecule has 0 saturated carbocycles. The maximum atomic E-state index is 11.4. The molecular formula is C11H15BrN2O. The van der Waals surface area contributed by atoms with Crippen LogP contribution in [0.5, 0.6) is 0 Å². The van der Waals surface area contributed by atoms with Crippen LogP contribution in [0.25, 0.3) is 0 Å². The lowest BCUT2D eigenvalue weighted by atomic mass is 10.2. The normalized spacial score (nSPS) is 10.0. The number of nitrogens with zero attached hydrogens (tertiary/aromatic N) is 1. The highest BCUT2D eigenvalue weighted by atomic mass is 79.9. The van der Waals surface area contributed by atoms with E-state index in [0.717, 1.165) is 23.9 Å². The van der Waals surface area contributed by atoms with Crippen LogP contribution in [0.1, 0.15) is 32.6 Å². The topological polar surface area (TPSA) is 42.0 Å². The number of anilines is 1. The van der Waals surface area contributed by atoms with E-state index in [1.54, 1.807) is 6.07 Å². The van der Waals surface area contributed by atoms with Gasteiger partial charge in [0.15, 0.2) is 0 Å². The molecule has 4 heteroatoms. The Kier molecular flexibility index (Phi) is 5.32. The van der Waals surface area contributed by atoms with E-state index < -0.39 is 0 Å². The Morgan fingerprint density at radius 3 is 2.93 bits per heavy atom. The van der Waals surface area contributed by atoms with Gasteiger partial charge in [-0.3, -0.25) is 4.79 Å². The number of amides is 1. The number of pyridine rings is 1. The van der Waals surface area contributed by atoms with Crippen LogP contribution in [0.15, 0.2) is 22.8 Å². The smallest absolute Gasteiger partial charge is 0.225 e. The second-order valence-electron chi connectivity index (χ2n) is 3.35. The highest BCUT2D eigenvalue weighted by Crippen LogP contribution is 2.10. The predicted molar refractivity (Wildman–Crippen MR) is 64.7 cm³/mol. The van der Waals surface area contributed by atoms with Crippen LogP contribution < -0.4 is 5.32 Å². The second kappa shape index (κ2) is 6.56. The van der Waals surface area contributed by atoms with Gasteiger partial charge in [-0.1, -0.05) is 25.8 Å². The average molecular weight is 271 g/mol. The molecule has 1 aromatic heterocycles. The minimum Gasteiger partial charge on any atom is -0.311 e. The van der Waals surface area contributed by atoms with Crippen molar-refractivity contribution in [2.45, 2.75) is 32.6 Å². The van der Waals surface area contributed by atoms with Crippen molar-refractivity contribution < 1.29 is 4.79 Å². The maximum absolute atomic E-state index is 11.4. The molecule has 1 N–H and O–H groups in total. The highest BCUT2D eigenvalue weighted by Gasteiger charge is 2.02. The lowest BCUT2D eigenvalue weighted by molar-refractivity contribution is -0.116. The summed E-state index contributed by atoms with van der Waals surface area (Å²) in [6.45, 7) is 2.12. The molecule has 0 atom stereocenters. The van der Waals surface area contributed by atoms with Crippen molar-refractivity contribution in [3.63, 3.8) is 0 Å². The molecule has 0 spiro atoms. The minimum atomic E-state index is 0.0362. The van der Waals surface area contributed by atoms with Gasteiger partial charge >= 0.3 is 0 Å². The number of hydrogen-bond acceptors (Lipinski definition) is 2. The van der Waals surface area contributed by atoms with Crippen molar-refractivity contribution in [2.24, 2.45) is 0 Å². The third-order valence-electron chi connectivity index (χ3n) is 1.99. The van der Waals surface area contributed by atoms with Crippen LogP contribution in [0.4, 0.5) is 5.82 Å². The molecule has 82 valence electrons. The van der Waals surface area contributed by atoms with Crippen molar-refractivity contribution in [1.29, 1.82) is 0 Å². The average Bonchev–Trinajstić information content (AvgIpc) is 2.18. The number of hydrogen-bond donors (Lipinski definition) is 1. The van der Waals surface area contributed by atoms with Gasteiger partial charge in [-0.15, -0.1) is 0 Å². The molecule has 15 heavy (non-hydrogen) atoms. The number of rotatable bonds is 5. The van der Waals surface area contributed by atoms with Crippen LogP contribution in [-0.2, 0) is 4.79 Å². The van der Waals surface area contributed by atoms with Crippen LogP contribution in [-0.4, -0.2) is 10.9 Å². The summed E-state index contributed by atoms with van der Waals surface area (Å²) < 4.78 is 0.730. The first-order chi connectivity index (χ1) is 7.22. The Bertz CT molecular complexity index is 328. The summed E-state index contributed by atoms with van der Waals surface area (Å²) in [5.41, 5.74) is 0. The number of nitrogens with one attached hydrogen (secondary N) is 1. The van der Waals surface area contributed by atoms with Crippen molar-refractivity contribution in [3.05, 3.63) is 22.8 Å². The van der Waals surface area contributed by atoms with Gasteiger partial charge in [-0.25, -0.2) is 4.98 Å². The molecule has 0 aromatic carbocycles. The molecular weight excluding hydrogens is 256 g/mol. The monoisotopic (exact) mass is 270 g/mol. The van der Waals surface area contributed by atoms with Gasteiger partial charge < -0.3 is 5.32 Å². The number of unbranched alkanes of at least 4 members (excludes halogenated alkanes) is 2. The Morgan fingerprint density at radius 2 is 2.27 bits per heavy atom. The number of carbonyl (C=O) groups is 1. The maximum Gasteiger partial charge on any atom is 0.225 e. The number of halogens is 1. The van der Waals surface area contributed by atoms with E-state index in [1.807, 2.05) is 12.1 Å². The molecule has 0 unspecified atom stereocenters. The lowest BCUT2D eigenvalue weighted by Gasteiger charge is -2.03. The molecule has 3 nitrogen and oxygen atoms in total. The van der Waals surface area contributed by atoms with E-state index in [-0.39, 0.29) is 5.91 Å². The van der Waals surface area contributed by atoms with Crippen molar-refractivity contribution in [1.82, 2.24) is 4.98 Å². The van der Waals surface area contributed by atoms with E-state index in [1.165, 1.54) is 0 Å². The fourth-order valence-electron chi connectivity index (χ4n) is 1.22. The summed E-state index contributed by atoms with van der Waals surface area (Å²) in [5, 5.41) is 2.76. The van der Waals surface area contributed by atoms with Gasteiger partial charge in [0, 0.05) is 6.42 Å². The van der Waals surface area contributed by atoms with Crippen LogP contribution in [0.3, 0.4) is 0 Å². The molecule has 0 fully saturated rings. The van der Waals surface area contributed by atoms with Gasteiger partial charge in [0.25, 0.3) is 0 Å². The van der Waals surface area contributed by atoms with Crippen LogP contribution in [0.2, 0.25) is 0 Å². The molecule has 1 rings (SSSR count).